The molecule has 1 unspecified atom stereocenters. The van der Waals surface area contributed by atoms with Gasteiger partial charge in [-0.2, -0.15) is 0 Å². The van der Waals surface area contributed by atoms with E-state index in [2.05, 4.69) is 5.32 Å². The Morgan fingerprint density at radius 3 is 2.86 bits per heavy atom. The van der Waals surface area contributed by atoms with Crippen molar-refractivity contribution in [3.05, 3.63) is 29.3 Å². The Kier molecular flexibility index (Phi) is 5.62. The molecule has 1 atom stereocenters. The van der Waals surface area contributed by atoms with Crippen LogP contribution in [0.15, 0.2) is 18.2 Å². The minimum atomic E-state index is 0.217. The number of nitrogens with zero attached hydrogens (tertiary/aromatic N) is 1. The molecule has 2 rings (SSSR count). The van der Waals surface area contributed by atoms with Gasteiger partial charge in [0.05, 0.1) is 0 Å². The van der Waals surface area contributed by atoms with Crippen LogP contribution in [0.1, 0.15) is 50.3 Å². The number of carbonyl (C=O) groups excluding carboxylic acids is 1. The highest BCUT2D eigenvalue weighted by atomic mass is 16.3. The minimum absolute atomic E-state index is 0.217. The monoisotopic (exact) mass is 290 g/mol. The lowest BCUT2D eigenvalue weighted by Gasteiger charge is -2.27. The number of phenols is 1. The Morgan fingerprint density at radius 1 is 1.38 bits per heavy atom. The molecule has 1 aromatic rings. The lowest BCUT2D eigenvalue weighted by molar-refractivity contribution is -0.130. The quantitative estimate of drug-likeness (QED) is 0.847. The minimum Gasteiger partial charge on any atom is -0.508 e. The number of phenolic OH excluding ortho intramolecular Hbond substituents is 1. The molecule has 0 spiro atoms. The fourth-order valence-electron chi connectivity index (χ4n) is 3.10. The number of rotatable bonds is 6. The maximum atomic E-state index is 12.0. The van der Waals surface area contributed by atoms with Gasteiger partial charge in [-0.15, -0.1) is 0 Å². The van der Waals surface area contributed by atoms with Crippen LogP contribution in [-0.2, 0) is 11.2 Å². The van der Waals surface area contributed by atoms with E-state index in [0.717, 1.165) is 32.4 Å². The van der Waals surface area contributed by atoms with Gasteiger partial charge in [0.25, 0.3) is 0 Å². The van der Waals surface area contributed by atoms with Crippen LogP contribution in [0.25, 0.3) is 0 Å². The van der Waals surface area contributed by atoms with E-state index >= 15 is 0 Å². The first-order valence-electron chi connectivity index (χ1n) is 7.98. The predicted molar refractivity (Wildman–Crippen MR) is 84.3 cm³/mol. The average molecular weight is 290 g/mol. The Hall–Kier alpha value is -1.55. The normalized spacial score (nSPS) is 17.3. The first kappa shape index (κ1) is 15.8. The molecule has 0 heterocycles. The van der Waals surface area contributed by atoms with Crippen LogP contribution in [0, 0.1) is 0 Å². The van der Waals surface area contributed by atoms with Gasteiger partial charge in [-0.3, -0.25) is 4.79 Å². The van der Waals surface area contributed by atoms with Crippen LogP contribution in [0.2, 0.25) is 0 Å². The molecule has 2 N–H and O–H groups in total. The third-order valence-electron chi connectivity index (χ3n) is 4.29. The number of aromatic hydroxyl groups is 1. The van der Waals surface area contributed by atoms with Crippen molar-refractivity contribution in [2.45, 2.75) is 45.6 Å². The molecule has 21 heavy (non-hydrogen) atoms. The van der Waals surface area contributed by atoms with Crippen LogP contribution in [0.5, 0.6) is 5.75 Å². The van der Waals surface area contributed by atoms with Crippen molar-refractivity contribution in [2.24, 2.45) is 0 Å². The zero-order valence-corrected chi connectivity index (χ0v) is 13.1. The van der Waals surface area contributed by atoms with Crippen LogP contribution < -0.4 is 5.32 Å². The second kappa shape index (κ2) is 7.46. The van der Waals surface area contributed by atoms with Gasteiger partial charge >= 0.3 is 0 Å². The SMILES string of the molecule is CCN(CC)C(=O)CCNC1CCCc2cc(O)ccc21. The molecule has 4 nitrogen and oxygen atoms in total. The van der Waals surface area contributed by atoms with Crippen molar-refractivity contribution in [1.29, 1.82) is 0 Å². The molecule has 4 heteroatoms. The number of benzene rings is 1. The molecule has 0 saturated heterocycles. The second-order valence-corrected chi connectivity index (χ2v) is 5.60. The number of aryl methyl sites for hydroxylation is 1. The molecule has 1 aromatic carbocycles. The van der Waals surface area contributed by atoms with Gasteiger partial charge in [0, 0.05) is 32.1 Å². The zero-order valence-electron chi connectivity index (χ0n) is 13.1. The topological polar surface area (TPSA) is 52.6 Å². The van der Waals surface area contributed by atoms with Crippen LogP contribution in [0.3, 0.4) is 0 Å². The van der Waals surface area contributed by atoms with Gasteiger partial charge in [-0.05, 0) is 56.4 Å². The van der Waals surface area contributed by atoms with Gasteiger partial charge < -0.3 is 15.3 Å². The van der Waals surface area contributed by atoms with E-state index in [0.29, 0.717) is 24.8 Å². The highest BCUT2D eigenvalue weighted by Gasteiger charge is 2.20. The third kappa shape index (κ3) is 3.97. The number of amides is 1. The standard InChI is InChI=1S/C17H26N2O2/c1-3-19(4-2)17(21)10-11-18-16-7-5-6-13-12-14(20)8-9-15(13)16/h8-9,12,16,18,20H,3-7,10-11H2,1-2H3. The maximum Gasteiger partial charge on any atom is 0.223 e. The highest BCUT2D eigenvalue weighted by Crippen LogP contribution is 2.31. The van der Waals surface area contributed by atoms with Crippen molar-refractivity contribution in [3.63, 3.8) is 0 Å². The van der Waals surface area contributed by atoms with Crippen molar-refractivity contribution in [1.82, 2.24) is 10.2 Å². The smallest absolute Gasteiger partial charge is 0.223 e. The Balaban J connectivity index is 1.89. The van der Waals surface area contributed by atoms with Crippen molar-refractivity contribution >= 4 is 5.91 Å². The van der Waals surface area contributed by atoms with Gasteiger partial charge in [-0.1, -0.05) is 6.07 Å². The second-order valence-electron chi connectivity index (χ2n) is 5.60. The molecule has 1 aliphatic carbocycles. The summed E-state index contributed by atoms with van der Waals surface area (Å²) in [6.07, 6.45) is 3.79. The Labute approximate surface area is 127 Å². The molecule has 0 fully saturated rings. The summed E-state index contributed by atoms with van der Waals surface area (Å²) < 4.78 is 0. The summed E-state index contributed by atoms with van der Waals surface area (Å²) in [5, 5.41) is 13.1. The first-order valence-corrected chi connectivity index (χ1v) is 7.98. The molecule has 116 valence electrons. The zero-order chi connectivity index (χ0) is 15.2. The summed E-state index contributed by atoms with van der Waals surface area (Å²) in [6, 6.07) is 5.93. The lowest BCUT2D eigenvalue weighted by atomic mass is 9.87. The fourth-order valence-corrected chi connectivity index (χ4v) is 3.10. The highest BCUT2D eigenvalue weighted by molar-refractivity contribution is 5.76. The summed E-state index contributed by atoms with van der Waals surface area (Å²) in [6.45, 7) is 6.29. The van der Waals surface area contributed by atoms with Crippen LogP contribution >= 0.6 is 0 Å². The van der Waals surface area contributed by atoms with E-state index in [1.807, 2.05) is 30.9 Å². The molecule has 0 aliphatic heterocycles. The summed E-state index contributed by atoms with van der Waals surface area (Å²) >= 11 is 0. The summed E-state index contributed by atoms with van der Waals surface area (Å²) in [5.74, 6) is 0.556. The van der Waals surface area contributed by atoms with E-state index in [9.17, 15) is 9.90 Å². The van der Waals surface area contributed by atoms with Gasteiger partial charge in [0.1, 0.15) is 5.75 Å². The molecule has 1 aliphatic rings. The molecular formula is C17H26N2O2. The Morgan fingerprint density at radius 2 is 2.14 bits per heavy atom. The molecule has 0 radical (unpaired) electrons. The number of nitrogens with one attached hydrogen (secondary N) is 1. The number of carbonyl (C=O) groups is 1. The summed E-state index contributed by atoms with van der Waals surface area (Å²) in [4.78, 5) is 13.9. The molecule has 0 bridgehead atoms. The molecule has 0 saturated carbocycles. The molecule has 0 aromatic heterocycles. The van der Waals surface area contributed by atoms with Crippen LogP contribution in [-0.4, -0.2) is 35.5 Å². The van der Waals surface area contributed by atoms with Crippen molar-refractivity contribution in [3.8, 4) is 5.75 Å². The number of hydrogen-bond acceptors (Lipinski definition) is 3. The van der Waals surface area contributed by atoms with Crippen molar-refractivity contribution < 1.29 is 9.90 Å². The third-order valence-corrected chi connectivity index (χ3v) is 4.29. The van der Waals surface area contributed by atoms with Crippen molar-refractivity contribution in [2.75, 3.05) is 19.6 Å². The molecule has 1 amide bonds. The van der Waals surface area contributed by atoms with Crippen LogP contribution in [0.4, 0.5) is 0 Å². The van der Waals surface area contributed by atoms with E-state index in [4.69, 9.17) is 0 Å². The van der Waals surface area contributed by atoms with Gasteiger partial charge in [0.2, 0.25) is 5.91 Å². The maximum absolute atomic E-state index is 12.0. The predicted octanol–water partition coefficient (Wildman–Crippen LogP) is 2.62. The van der Waals surface area contributed by atoms with E-state index in [1.165, 1.54) is 11.1 Å². The molecular weight excluding hydrogens is 264 g/mol. The van der Waals surface area contributed by atoms with E-state index in [1.54, 1.807) is 6.07 Å². The fraction of sp³-hybridized carbons (Fsp3) is 0.588. The summed E-state index contributed by atoms with van der Waals surface area (Å²) in [7, 11) is 0. The first-order chi connectivity index (χ1) is 10.2. The largest absolute Gasteiger partial charge is 0.508 e. The average Bonchev–Trinajstić information content (AvgIpc) is 2.48. The number of hydrogen-bond donors (Lipinski definition) is 2. The number of fused-ring (bicyclic) bond motifs is 1. The van der Waals surface area contributed by atoms with E-state index < -0.39 is 0 Å². The summed E-state index contributed by atoms with van der Waals surface area (Å²) in [5.41, 5.74) is 2.50. The Bertz CT molecular complexity index is 484. The van der Waals surface area contributed by atoms with Gasteiger partial charge in [-0.25, -0.2) is 0 Å². The van der Waals surface area contributed by atoms with E-state index in [-0.39, 0.29) is 5.91 Å². The van der Waals surface area contributed by atoms with Gasteiger partial charge in [0.15, 0.2) is 0 Å². The lowest BCUT2D eigenvalue weighted by Crippen LogP contribution is -2.34.